The van der Waals surface area contributed by atoms with E-state index in [2.05, 4.69) is 10.5 Å². The first kappa shape index (κ1) is 15.6. The molecule has 0 fully saturated rings. The molecule has 1 aromatic heterocycles. The number of amides is 1. The maximum Gasteiger partial charge on any atom is 0.250 e. The van der Waals surface area contributed by atoms with Gasteiger partial charge in [0.15, 0.2) is 0 Å². The van der Waals surface area contributed by atoms with Crippen LogP contribution >= 0.6 is 0 Å². The van der Waals surface area contributed by atoms with E-state index in [4.69, 9.17) is 9.26 Å². The topological polar surface area (TPSA) is 64.4 Å². The predicted octanol–water partition coefficient (Wildman–Crippen LogP) is 4.00. The first-order chi connectivity index (χ1) is 11.7. The van der Waals surface area contributed by atoms with E-state index < -0.39 is 0 Å². The monoisotopic (exact) mass is 320 g/mol. The molecule has 3 aromatic rings. The number of rotatable bonds is 5. The first-order valence-corrected chi connectivity index (χ1v) is 7.40. The van der Waals surface area contributed by atoms with Gasteiger partial charge in [0.2, 0.25) is 5.88 Å². The second kappa shape index (κ2) is 7.28. The molecule has 0 saturated carbocycles. The fraction of sp³-hybridized carbons (Fsp3) is 0.0526. The fourth-order valence-corrected chi connectivity index (χ4v) is 2.13. The van der Waals surface area contributed by atoms with Gasteiger partial charge in [-0.25, -0.2) is 0 Å². The SMILES string of the molecule is COc1ccc(/C=C/C(=O)Nc2cc(-c3ccccc3)no2)cc1. The molecule has 1 amide bonds. The van der Waals surface area contributed by atoms with Gasteiger partial charge >= 0.3 is 0 Å². The average Bonchev–Trinajstić information content (AvgIpc) is 3.09. The van der Waals surface area contributed by atoms with E-state index >= 15 is 0 Å². The Kier molecular flexibility index (Phi) is 4.72. The number of nitrogens with zero attached hydrogens (tertiary/aromatic N) is 1. The minimum atomic E-state index is -0.290. The Hall–Kier alpha value is -3.34. The molecule has 3 rings (SSSR count). The van der Waals surface area contributed by atoms with Crippen molar-refractivity contribution >= 4 is 17.9 Å². The zero-order valence-electron chi connectivity index (χ0n) is 13.1. The van der Waals surface area contributed by atoms with E-state index in [1.807, 2.05) is 54.6 Å². The number of benzene rings is 2. The van der Waals surface area contributed by atoms with Crippen molar-refractivity contribution in [2.45, 2.75) is 0 Å². The summed E-state index contributed by atoms with van der Waals surface area (Å²) < 4.78 is 10.2. The summed E-state index contributed by atoms with van der Waals surface area (Å²) >= 11 is 0. The van der Waals surface area contributed by atoms with Crippen molar-refractivity contribution in [3.8, 4) is 17.0 Å². The highest BCUT2D eigenvalue weighted by molar-refractivity contribution is 6.01. The summed E-state index contributed by atoms with van der Waals surface area (Å²) in [6, 6.07) is 18.7. The van der Waals surface area contributed by atoms with Gasteiger partial charge in [-0.1, -0.05) is 47.6 Å². The van der Waals surface area contributed by atoms with Gasteiger partial charge in [-0.05, 0) is 23.8 Å². The third-order valence-corrected chi connectivity index (χ3v) is 3.37. The number of hydrogen-bond donors (Lipinski definition) is 1. The van der Waals surface area contributed by atoms with Gasteiger partial charge in [0.1, 0.15) is 11.4 Å². The molecule has 0 aliphatic rings. The molecular weight excluding hydrogens is 304 g/mol. The molecule has 1 heterocycles. The molecule has 0 saturated heterocycles. The Morgan fingerprint density at radius 2 is 1.88 bits per heavy atom. The van der Waals surface area contributed by atoms with E-state index in [1.165, 1.54) is 6.08 Å². The number of aromatic nitrogens is 1. The molecule has 0 unspecified atom stereocenters. The number of nitrogens with one attached hydrogen (secondary N) is 1. The lowest BCUT2D eigenvalue weighted by molar-refractivity contribution is -0.112. The highest BCUT2D eigenvalue weighted by atomic mass is 16.5. The van der Waals surface area contributed by atoms with Crippen molar-refractivity contribution in [2.24, 2.45) is 0 Å². The normalized spacial score (nSPS) is 10.7. The second-order valence-electron chi connectivity index (χ2n) is 5.04. The third kappa shape index (κ3) is 3.89. The number of carbonyl (C=O) groups excluding carboxylic acids is 1. The lowest BCUT2D eigenvalue weighted by Gasteiger charge is -1.99. The van der Waals surface area contributed by atoms with Crippen molar-refractivity contribution in [3.05, 3.63) is 72.3 Å². The minimum Gasteiger partial charge on any atom is -0.497 e. The molecule has 0 aliphatic heterocycles. The van der Waals surface area contributed by atoms with Crippen molar-refractivity contribution in [1.82, 2.24) is 5.16 Å². The second-order valence-corrected chi connectivity index (χ2v) is 5.04. The molecule has 120 valence electrons. The summed E-state index contributed by atoms with van der Waals surface area (Å²) in [5.41, 5.74) is 2.49. The van der Waals surface area contributed by atoms with Crippen LogP contribution in [0.5, 0.6) is 5.75 Å². The summed E-state index contributed by atoms with van der Waals surface area (Å²) in [7, 11) is 1.61. The molecule has 1 N–H and O–H groups in total. The standard InChI is InChI=1S/C19H16N2O3/c1-23-16-10-7-14(8-11-16)9-12-18(22)20-19-13-17(21-24-19)15-5-3-2-4-6-15/h2-13H,1H3,(H,20,22)/b12-9+. The molecule has 5 heteroatoms. The Balaban J connectivity index is 1.62. The fourth-order valence-electron chi connectivity index (χ4n) is 2.13. The first-order valence-electron chi connectivity index (χ1n) is 7.40. The highest BCUT2D eigenvalue weighted by Gasteiger charge is 2.07. The number of carbonyl (C=O) groups is 1. The van der Waals surface area contributed by atoms with Gasteiger partial charge in [0.25, 0.3) is 5.91 Å². The van der Waals surface area contributed by atoms with E-state index in [0.29, 0.717) is 11.6 Å². The highest BCUT2D eigenvalue weighted by Crippen LogP contribution is 2.21. The largest absolute Gasteiger partial charge is 0.497 e. The third-order valence-electron chi connectivity index (χ3n) is 3.37. The molecular formula is C19H16N2O3. The molecule has 0 bridgehead atoms. The summed E-state index contributed by atoms with van der Waals surface area (Å²) in [4.78, 5) is 11.9. The van der Waals surface area contributed by atoms with Crippen LogP contribution in [0.4, 0.5) is 5.88 Å². The van der Waals surface area contributed by atoms with E-state index in [1.54, 1.807) is 19.3 Å². The average molecular weight is 320 g/mol. The summed E-state index contributed by atoms with van der Waals surface area (Å²) in [6.07, 6.45) is 3.15. The van der Waals surface area contributed by atoms with Gasteiger partial charge in [-0.2, -0.15) is 0 Å². The van der Waals surface area contributed by atoms with Crippen molar-refractivity contribution in [2.75, 3.05) is 12.4 Å². The smallest absolute Gasteiger partial charge is 0.250 e. The Morgan fingerprint density at radius 3 is 2.58 bits per heavy atom. The van der Waals surface area contributed by atoms with Crippen LogP contribution in [0.1, 0.15) is 5.56 Å². The van der Waals surface area contributed by atoms with Crippen molar-refractivity contribution in [1.29, 1.82) is 0 Å². The van der Waals surface area contributed by atoms with Gasteiger partial charge in [-0.3, -0.25) is 10.1 Å². The molecule has 0 aliphatic carbocycles. The summed E-state index contributed by atoms with van der Waals surface area (Å²) in [5.74, 6) is 0.784. The van der Waals surface area contributed by atoms with Crippen LogP contribution in [0.3, 0.4) is 0 Å². The molecule has 0 atom stereocenters. The van der Waals surface area contributed by atoms with Gasteiger partial charge < -0.3 is 9.26 Å². The zero-order valence-corrected chi connectivity index (χ0v) is 13.1. The zero-order chi connectivity index (χ0) is 16.8. The van der Waals surface area contributed by atoms with E-state index in [0.717, 1.165) is 16.9 Å². The van der Waals surface area contributed by atoms with Crippen LogP contribution in [0, 0.1) is 0 Å². The number of anilines is 1. The Labute approximate surface area is 139 Å². The van der Waals surface area contributed by atoms with Crippen LogP contribution in [-0.4, -0.2) is 18.2 Å². The van der Waals surface area contributed by atoms with Gasteiger partial charge in [0.05, 0.1) is 7.11 Å². The van der Waals surface area contributed by atoms with Crippen molar-refractivity contribution < 1.29 is 14.1 Å². The van der Waals surface area contributed by atoms with Crippen molar-refractivity contribution in [3.63, 3.8) is 0 Å². The van der Waals surface area contributed by atoms with Crippen LogP contribution < -0.4 is 10.1 Å². The summed E-state index contributed by atoms with van der Waals surface area (Å²) in [6.45, 7) is 0. The van der Waals surface area contributed by atoms with Gasteiger partial charge in [-0.15, -0.1) is 0 Å². The Bertz CT molecular complexity index is 837. The van der Waals surface area contributed by atoms with E-state index in [-0.39, 0.29) is 5.91 Å². The van der Waals surface area contributed by atoms with Crippen LogP contribution in [-0.2, 0) is 4.79 Å². The maximum atomic E-state index is 11.9. The Morgan fingerprint density at radius 1 is 1.12 bits per heavy atom. The van der Waals surface area contributed by atoms with Crippen LogP contribution in [0.2, 0.25) is 0 Å². The molecule has 24 heavy (non-hydrogen) atoms. The van der Waals surface area contributed by atoms with E-state index in [9.17, 15) is 4.79 Å². The summed E-state index contributed by atoms with van der Waals surface area (Å²) in [5, 5.41) is 6.59. The number of methoxy groups -OCH3 is 1. The minimum absolute atomic E-state index is 0.290. The van der Waals surface area contributed by atoms with Crippen LogP contribution in [0.15, 0.2) is 71.3 Å². The lowest BCUT2D eigenvalue weighted by Crippen LogP contribution is -2.06. The number of hydrogen-bond acceptors (Lipinski definition) is 4. The maximum absolute atomic E-state index is 11.9. The molecule has 0 spiro atoms. The van der Waals surface area contributed by atoms with Gasteiger partial charge in [0, 0.05) is 17.7 Å². The quantitative estimate of drug-likeness (QED) is 0.722. The molecule has 0 radical (unpaired) electrons. The lowest BCUT2D eigenvalue weighted by atomic mass is 10.1. The molecule has 5 nitrogen and oxygen atoms in total. The molecule has 2 aromatic carbocycles. The predicted molar refractivity (Wildman–Crippen MR) is 92.6 cm³/mol. The number of ether oxygens (including phenoxy) is 1. The van der Waals surface area contributed by atoms with Crippen LogP contribution in [0.25, 0.3) is 17.3 Å².